The molecule has 0 aliphatic rings. The zero-order valence-corrected chi connectivity index (χ0v) is 9.38. The van der Waals surface area contributed by atoms with Crippen molar-refractivity contribution in [3.8, 4) is 0 Å². The molecule has 1 N–H and O–H groups in total. The lowest BCUT2D eigenvalue weighted by molar-refractivity contribution is 0.504. The van der Waals surface area contributed by atoms with E-state index in [4.69, 9.17) is 0 Å². The molecule has 0 aliphatic heterocycles. The van der Waals surface area contributed by atoms with Gasteiger partial charge in [0.1, 0.15) is 0 Å². The van der Waals surface area contributed by atoms with Crippen molar-refractivity contribution in [1.82, 2.24) is 10.3 Å². The Kier molecular flexibility index (Phi) is 4.60. The minimum absolute atomic E-state index is 0.586. The van der Waals surface area contributed by atoms with E-state index < -0.39 is 0 Å². The molecule has 2 heteroatoms. The number of hydrogen-bond acceptors (Lipinski definition) is 2. The molecule has 2 nitrogen and oxygen atoms in total. The molecule has 1 atom stereocenters. The van der Waals surface area contributed by atoms with Crippen LogP contribution in [0, 0.1) is 6.92 Å². The van der Waals surface area contributed by atoms with E-state index in [0.717, 1.165) is 12.2 Å². The molecule has 1 rings (SSSR count). The largest absolute Gasteiger partial charge is 0.309 e. The average molecular weight is 192 g/mol. The minimum atomic E-state index is 0.586. The standard InChI is InChI=1S/C12H20N2/c1-4-5-11(3)13-9-12-7-6-10(2)8-14-12/h6-8,11,13H,4-5,9H2,1-3H3. The molecule has 78 valence electrons. The minimum Gasteiger partial charge on any atom is -0.309 e. The van der Waals surface area contributed by atoms with Gasteiger partial charge in [-0.1, -0.05) is 19.4 Å². The first kappa shape index (κ1) is 11.2. The molecule has 0 saturated carbocycles. The van der Waals surface area contributed by atoms with E-state index >= 15 is 0 Å². The number of rotatable bonds is 5. The van der Waals surface area contributed by atoms with Crippen molar-refractivity contribution in [2.45, 2.75) is 46.2 Å². The van der Waals surface area contributed by atoms with Crippen molar-refractivity contribution in [2.24, 2.45) is 0 Å². The molecule has 1 unspecified atom stereocenters. The molecule has 0 fully saturated rings. The Labute approximate surface area is 86.8 Å². The number of hydrogen-bond donors (Lipinski definition) is 1. The van der Waals surface area contributed by atoms with Gasteiger partial charge in [0.05, 0.1) is 5.69 Å². The van der Waals surface area contributed by atoms with Crippen LogP contribution in [-0.2, 0) is 6.54 Å². The molecule has 0 amide bonds. The maximum atomic E-state index is 4.35. The van der Waals surface area contributed by atoms with Crippen molar-refractivity contribution < 1.29 is 0 Å². The molecule has 0 bridgehead atoms. The molecule has 0 radical (unpaired) electrons. The number of pyridine rings is 1. The summed E-state index contributed by atoms with van der Waals surface area (Å²) in [6.07, 6.45) is 4.38. The summed E-state index contributed by atoms with van der Waals surface area (Å²) in [5, 5.41) is 3.46. The Morgan fingerprint density at radius 1 is 1.43 bits per heavy atom. The van der Waals surface area contributed by atoms with Crippen LogP contribution in [-0.4, -0.2) is 11.0 Å². The van der Waals surface area contributed by atoms with Crippen LogP contribution in [0.4, 0.5) is 0 Å². The highest BCUT2D eigenvalue weighted by molar-refractivity contribution is 5.11. The third-order valence-corrected chi connectivity index (χ3v) is 2.33. The fourth-order valence-electron chi connectivity index (χ4n) is 1.42. The molecule has 0 aliphatic carbocycles. The summed E-state index contributed by atoms with van der Waals surface area (Å²) in [6.45, 7) is 7.37. The number of aromatic nitrogens is 1. The maximum Gasteiger partial charge on any atom is 0.0541 e. The van der Waals surface area contributed by atoms with Gasteiger partial charge in [0.2, 0.25) is 0 Å². The van der Waals surface area contributed by atoms with Gasteiger partial charge in [-0.05, 0) is 31.9 Å². The Morgan fingerprint density at radius 3 is 2.79 bits per heavy atom. The smallest absolute Gasteiger partial charge is 0.0541 e. The van der Waals surface area contributed by atoms with E-state index in [2.05, 4.69) is 43.2 Å². The van der Waals surface area contributed by atoms with Gasteiger partial charge >= 0.3 is 0 Å². The van der Waals surface area contributed by atoms with Gasteiger partial charge in [0, 0.05) is 18.8 Å². The first-order chi connectivity index (χ1) is 6.72. The summed E-state index contributed by atoms with van der Waals surface area (Å²) in [5.74, 6) is 0. The average Bonchev–Trinajstić information content (AvgIpc) is 2.17. The van der Waals surface area contributed by atoms with Crippen molar-refractivity contribution in [2.75, 3.05) is 0 Å². The molecule has 0 spiro atoms. The van der Waals surface area contributed by atoms with Gasteiger partial charge in [-0.15, -0.1) is 0 Å². The maximum absolute atomic E-state index is 4.35. The SMILES string of the molecule is CCCC(C)NCc1ccc(C)cn1. The highest BCUT2D eigenvalue weighted by Crippen LogP contribution is 2.00. The third-order valence-electron chi connectivity index (χ3n) is 2.33. The second kappa shape index (κ2) is 5.76. The Hall–Kier alpha value is -0.890. The third kappa shape index (κ3) is 3.88. The molecule has 1 heterocycles. The Balaban J connectivity index is 2.34. The fourth-order valence-corrected chi connectivity index (χ4v) is 1.42. The normalized spacial score (nSPS) is 12.8. The van der Waals surface area contributed by atoms with Crippen LogP contribution in [0.5, 0.6) is 0 Å². The van der Waals surface area contributed by atoms with Gasteiger partial charge in [-0.2, -0.15) is 0 Å². The molecular weight excluding hydrogens is 172 g/mol. The van der Waals surface area contributed by atoms with Gasteiger partial charge < -0.3 is 5.32 Å². The first-order valence-electron chi connectivity index (χ1n) is 5.37. The van der Waals surface area contributed by atoms with Gasteiger partial charge in [-0.3, -0.25) is 4.98 Å². The van der Waals surface area contributed by atoms with Gasteiger partial charge in [0.25, 0.3) is 0 Å². The van der Waals surface area contributed by atoms with Crippen LogP contribution < -0.4 is 5.32 Å². The lowest BCUT2D eigenvalue weighted by Gasteiger charge is -2.11. The van der Waals surface area contributed by atoms with Crippen LogP contribution in [0.15, 0.2) is 18.3 Å². The summed E-state index contributed by atoms with van der Waals surface area (Å²) in [4.78, 5) is 4.35. The van der Waals surface area contributed by atoms with Gasteiger partial charge in [0.15, 0.2) is 0 Å². The summed E-state index contributed by atoms with van der Waals surface area (Å²) in [7, 11) is 0. The van der Waals surface area contributed by atoms with E-state index in [1.54, 1.807) is 0 Å². The zero-order chi connectivity index (χ0) is 10.4. The second-order valence-corrected chi connectivity index (χ2v) is 3.90. The lowest BCUT2D eigenvalue weighted by atomic mass is 10.2. The number of nitrogens with zero attached hydrogens (tertiary/aromatic N) is 1. The van der Waals surface area contributed by atoms with Crippen LogP contribution in [0.2, 0.25) is 0 Å². The van der Waals surface area contributed by atoms with Crippen molar-refractivity contribution in [1.29, 1.82) is 0 Å². The fraction of sp³-hybridized carbons (Fsp3) is 0.583. The van der Waals surface area contributed by atoms with Crippen molar-refractivity contribution >= 4 is 0 Å². The quantitative estimate of drug-likeness (QED) is 0.775. The topological polar surface area (TPSA) is 24.9 Å². The van der Waals surface area contributed by atoms with Crippen LogP contribution in [0.1, 0.15) is 37.9 Å². The highest BCUT2D eigenvalue weighted by atomic mass is 14.9. The molecule has 1 aromatic heterocycles. The lowest BCUT2D eigenvalue weighted by Crippen LogP contribution is -2.25. The van der Waals surface area contributed by atoms with Crippen LogP contribution in [0.3, 0.4) is 0 Å². The van der Waals surface area contributed by atoms with Gasteiger partial charge in [-0.25, -0.2) is 0 Å². The first-order valence-corrected chi connectivity index (χ1v) is 5.37. The number of nitrogens with one attached hydrogen (secondary N) is 1. The van der Waals surface area contributed by atoms with E-state index in [1.807, 2.05) is 6.20 Å². The molecular formula is C12H20N2. The van der Waals surface area contributed by atoms with E-state index in [9.17, 15) is 0 Å². The molecule has 0 aromatic carbocycles. The van der Waals surface area contributed by atoms with Crippen molar-refractivity contribution in [3.63, 3.8) is 0 Å². The van der Waals surface area contributed by atoms with Crippen molar-refractivity contribution in [3.05, 3.63) is 29.6 Å². The Bertz CT molecular complexity index is 254. The highest BCUT2D eigenvalue weighted by Gasteiger charge is 1.99. The molecule has 0 saturated heterocycles. The zero-order valence-electron chi connectivity index (χ0n) is 9.38. The monoisotopic (exact) mass is 192 g/mol. The van der Waals surface area contributed by atoms with E-state index in [-0.39, 0.29) is 0 Å². The van der Waals surface area contributed by atoms with Crippen LogP contribution >= 0.6 is 0 Å². The summed E-state index contributed by atoms with van der Waals surface area (Å²) >= 11 is 0. The molecule has 14 heavy (non-hydrogen) atoms. The van der Waals surface area contributed by atoms with Crippen LogP contribution in [0.25, 0.3) is 0 Å². The molecule has 1 aromatic rings. The second-order valence-electron chi connectivity index (χ2n) is 3.90. The predicted molar refractivity (Wildman–Crippen MR) is 60.2 cm³/mol. The van der Waals surface area contributed by atoms with E-state index in [1.165, 1.54) is 18.4 Å². The summed E-state index contributed by atoms with van der Waals surface area (Å²) in [6, 6.07) is 4.78. The van der Waals surface area contributed by atoms with E-state index in [0.29, 0.717) is 6.04 Å². The number of aryl methyl sites for hydroxylation is 1. The Morgan fingerprint density at radius 2 is 2.21 bits per heavy atom. The summed E-state index contributed by atoms with van der Waals surface area (Å²) in [5.41, 5.74) is 2.34. The predicted octanol–water partition coefficient (Wildman–Crippen LogP) is 2.67. The summed E-state index contributed by atoms with van der Waals surface area (Å²) < 4.78 is 0.